The van der Waals surface area contributed by atoms with Crippen LogP contribution in [-0.2, 0) is 9.59 Å². The summed E-state index contributed by atoms with van der Waals surface area (Å²) in [6.07, 6.45) is 1.67. The molecule has 10 heavy (non-hydrogen) atoms. The van der Waals surface area contributed by atoms with Crippen LogP contribution in [0.5, 0.6) is 0 Å². The molecule has 0 unspecified atom stereocenters. The van der Waals surface area contributed by atoms with Crippen molar-refractivity contribution < 1.29 is 9.59 Å². The van der Waals surface area contributed by atoms with Gasteiger partial charge in [0, 0.05) is 0 Å². The Balaban J connectivity index is 0. The van der Waals surface area contributed by atoms with E-state index in [4.69, 9.17) is 0 Å². The molecule has 0 aliphatic carbocycles. The molecular weight excluding hydrogens is 132 g/mol. The number of carbonyl (C=O) groups excluding carboxylic acids is 2. The van der Waals surface area contributed by atoms with Crippen molar-refractivity contribution in [3.63, 3.8) is 0 Å². The maximum Gasteiger partial charge on any atom is 0.236 e. The Kier molecular flexibility index (Phi) is 12.7. The molecule has 0 saturated heterocycles. The number of carbonyl (C=O) groups is 2. The molecule has 2 amide bonds. The van der Waals surface area contributed by atoms with E-state index in [2.05, 4.69) is 24.9 Å². The van der Waals surface area contributed by atoms with Gasteiger partial charge in [-0.15, -0.1) is 0 Å². The second-order valence-electron chi connectivity index (χ2n) is 1.67. The molecule has 0 saturated carbocycles. The van der Waals surface area contributed by atoms with Crippen molar-refractivity contribution in [1.82, 2.24) is 5.32 Å². The quantitative estimate of drug-likeness (QED) is 0.533. The SMILES string of the molecule is CCC.NC(=O)CNC=O. The molecule has 0 rings (SSSR count). The fraction of sp³-hybridized carbons (Fsp3) is 0.667. The molecule has 0 fully saturated rings. The molecular formula is C6H14N2O2. The summed E-state index contributed by atoms with van der Waals surface area (Å²) in [5, 5.41) is 2.09. The van der Waals surface area contributed by atoms with Gasteiger partial charge in [0.2, 0.25) is 12.3 Å². The third-order valence-electron chi connectivity index (χ3n) is 0.360. The van der Waals surface area contributed by atoms with Crippen molar-refractivity contribution in [2.75, 3.05) is 6.54 Å². The van der Waals surface area contributed by atoms with E-state index in [0.717, 1.165) is 0 Å². The Morgan fingerprint density at radius 2 is 2.00 bits per heavy atom. The third kappa shape index (κ3) is 28.3. The van der Waals surface area contributed by atoms with Crippen LogP contribution in [0.25, 0.3) is 0 Å². The minimum Gasteiger partial charge on any atom is -0.368 e. The van der Waals surface area contributed by atoms with Gasteiger partial charge < -0.3 is 11.1 Å². The van der Waals surface area contributed by atoms with E-state index in [1.165, 1.54) is 6.42 Å². The highest BCUT2D eigenvalue weighted by Crippen LogP contribution is 1.56. The number of rotatable bonds is 3. The summed E-state index contributed by atoms with van der Waals surface area (Å²) in [5.74, 6) is -0.535. The summed E-state index contributed by atoms with van der Waals surface area (Å²) in [7, 11) is 0. The van der Waals surface area contributed by atoms with Crippen LogP contribution in [0.15, 0.2) is 0 Å². The topological polar surface area (TPSA) is 72.2 Å². The first-order valence-corrected chi connectivity index (χ1v) is 3.14. The molecule has 0 spiro atoms. The van der Waals surface area contributed by atoms with Crippen molar-refractivity contribution in [2.24, 2.45) is 5.73 Å². The highest BCUT2D eigenvalue weighted by Gasteiger charge is 1.85. The average Bonchev–Trinajstić information content (AvgIpc) is 1.85. The second kappa shape index (κ2) is 10.8. The molecule has 0 aromatic heterocycles. The van der Waals surface area contributed by atoms with Gasteiger partial charge in [0.15, 0.2) is 0 Å². The van der Waals surface area contributed by atoms with Gasteiger partial charge >= 0.3 is 0 Å². The first-order valence-electron chi connectivity index (χ1n) is 3.14. The van der Waals surface area contributed by atoms with E-state index in [1.54, 1.807) is 0 Å². The summed E-state index contributed by atoms with van der Waals surface area (Å²) in [6, 6.07) is 0. The Hall–Kier alpha value is -1.06. The molecule has 3 N–H and O–H groups in total. The van der Waals surface area contributed by atoms with Gasteiger partial charge in [-0.1, -0.05) is 20.3 Å². The standard InChI is InChI=1S/C3H6N2O2.C3H8/c4-3(7)1-5-2-6;1-3-2/h2H,1H2,(H2,4,7)(H,5,6);3H2,1-2H3. The van der Waals surface area contributed by atoms with E-state index < -0.39 is 5.91 Å². The Morgan fingerprint density at radius 1 is 1.60 bits per heavy atom. The van der Waals surface area contributed by atoms with E-state index >= 15 is 0 Å². The summed E-state index contributed by atoms with van der Waals surface area (Å²) >= 11 is 0. The zero-order chi connectivity index (χ0) is 8.41. The fourth-order valence-electron chi connectivity index (χ4n) is 0.142. The molecule has 0 aromatic rings. The van der Waals surface area contributed by atoms with Crippen LogP contribution in [0.2, 0.25) is 0 Å². The zero-order valence-corrected chi connectivity index (χ0v) is 6.39. The average molecular weight is 146 g/mol. The molecule has 4 nitrogen and oxygen atoms in total. The van der Waals surface area contributed by atoms with Crippen LogP contribution >= 0.6 is 0 Å². The summed E-state index contributed by atoms with van der Waals surface area (Å²) in [6.45, 7) is 4.17. The van der Waals surface area contributed by atoms with Crippen LogP contribution in [0.3, 0.4) is 0 Å². The fourth-order valence-corrected chi connectivity index (χ4v) is 0.142. The number of nitrogens with one attached hydrogen (secondary N) is 1. The van der Waals surface area contributed by atoms with Gasteiger partial charge in [-0.05, 0) is 0 Å². The lowest BCUT2D eigenvalue weighted by Gasteiger charge is -1.86. The predicted octanol–water partition coefficient (Wildman–Crippen LogP) is -0.366. The zero-order valence-electron chi connectivity index (χ0n) is 6.39. The van der Waals surface area contributed by atoms with Crippen LogP contribution in [0.4, 0.5) is 0 Å². The van der Waals surface area contributed by atoms with Crippen molar-refractivity contribution in [1.29, 1.82) is 0 Å². The molecule has 0 atom stereocenters. The maximum absolute atomic E-state index is 9.76. The first-order chi connectivity index (χ1) is 4.68. The molecule has 0 aliphatic heterocycles. The molecule has 60 valence electrons. The van der Waals surface area contributed by atoms with Gasteiger partial charge in [-0.3, -0.25) is 9.59 Å². The highest BCUT2D eigenvalue weighted by molar-refractivity contribution is 5.77. The van der Waals surface area contributed by atoms with Crippen LogP contribution in [-0.4, -0.2) is 18.9 Å². The number of amides is 2. The van der Waals surface area contributed by atoms with Crippen molar-refractivity contribution >= 4 is 12.3 Å². The second-order valence-corrected chi connectivity index (χ2v) is 1.67. The minimum atomic E-state index is -0.535. The Bertz CT molecular complexity index is 93.7. The van der Waals surface area contributed by atoms with Gasteiger partial charge in [0.1, 0.15) is 0 Å². The third-order valence-corrected chi connectivity index (χ3v) is 0.360. The van der Waals surface area contributed by atoms with E-state index in [9.17, 15) is 9.59 Å². The lowest BCUT2D eigenvalue weighted by atomic mass is 10.6. The number of hydrogen-bond donors (Lipinski definition) is 2. The monoisotopic (exact) mass is 146 g/mol. The normalized spacial score (nSPS) is 7.00. The number of nitrogens with two attached hydrogens (primary N) is 1. The van der Waals surface area contributed by atoms with Gasteiger partial charge in [0.05, 0.1) is 6.54 Å². The summed E-state index contributed by atoms with van der Waals surface area (Å²) < 4.78 is 0. The van der Waals surface area contributed by atoms with Crippen LogP contribution in [0, 0.1) is 0 Å². The van der Waals surface area contributed by atoms with Gasteiger partial charge in [0.25, 0.3) is 0 Å². The molecule has 0 aliphatic rings. The number of primary amides is 1. The largest absolute Gasteiger partial charge is 0.368 e. The Labute approximate surface area is 60.8 Å². The van der Waals surface area contributed by atoms with Crippen molar-refractivity contribution in [3.8, 4) is 0 Å². The van der Waals surface area contributed by atoms with Crippen molar-refractivity contribution in [3.05, 3.63) is 0 Å². The Morgan fingerprint density at radius 3 is 2.10 bits per heavy atom. The summed E-state index contributed by atoms with van der Waals surface area (Å²) in [4.78, 5) is 19.1. The lowest BCUT2D eigenvalue weighted by molar-refractivity contribution is -0.119. The van der Waals surface area contributed by atoms with Gasteiger partial charge in [-0.2, -0.15) is 0 Å². The highest BCUT2D eigenvalue weighted by atomic mass is 16.2. The molecule has 4 heteroatoms. The van der Waals surface area contributed by atoms with E-state index in [-0.39, 0.29) is 6.54 Å². The lowest BCUT2D eigenvalue weighted by Crippen LogP contribution is -2.27. The predicted molar refractivity (Wildman–Crippen MR) is 39.2 cm³/mol. The van der Waals surface area contributed by atoms with E-state index in [0.29, 0.717) is 6.41 Å². The minimum absolute atomic E-state index is 0.0799. The maximum atomic E-state index is 9.76. The first kappa shape index (κ1) is 11.7. The van der Waals surface area contributed by atoms with Crippen molar-refractivity contribution in [2.45, 2.75) is 20.3 Å². The molecule has 0 bridgehead atoms. The van der Waals surface area contributed by atoms with Gasteiger partial charge in [-0.25, -0.2) is 0 Å². The van der Waals surface area contributed by atoms with Crippen LogP contribution in [0.1, 0.15) is 20.3 Å². The number of hydrogen-bond acceptors (Lipinski definition) is 2. The van der Waals surface area contributed by atoms with E-state index in [1.807, 2.05) is 0 Å². The van der Waals surface area contributed by atoms with Crippen LogP contribution < -0.4 is 11.1 Å². The molecule has 0 aromatic carbocycles. The molecule has 0 radical (unpaired) electrons. The summed E-state index contributed by atoms with van der Waals surface area (Å²) in [5.41, 5.74) is 4.62. The molecule has 0 heterocycles. The smallest absolute Gasteiger partial charge is 0.236 e.